The van der Waals surface area contributed by atoms with E-state index in [-0.39, 0.29) is 11.7 Å². The number of aliphatic carboxylic acids is 1. The van der Waals surface area contributed by atoms with Crippen LogP contribution < -0.4 is 0 Å². The van der Waals surface area contributed by atoms with E-state index in [1.165, 1.54) is 23.5 Å². The van der Waals surface area contributed by atoms with Gasteiger partial charge in [0.25, 0.3) is 0 Å². The fraction of sp³-hybridized carbons (Fsp3) is 0.154. The van der Waals surface area contributed by atoms with Gasteiger partial charge in [-0.3, -0.25) is 4.79 Å². The molecule has 0 radical (unpaired) electrons. The maximum absolute atomic E-state index is 13.1. The Labute approximate surface area is 207 Å². The lowest BCUT2D eigenvalue weighted by Crippen LogP contribution is -2.07. The monoisotopic (exact) mass is 512 g/mol. The number of alkyl halides is 3. The second-order valence-corrected chi connectivity index (χ2v) is 10.4. The van der Waals surface area contributed by atoms with E-state index < -0.39 is 17.7 Å². The summed E-state index contributed by atoms with van der Waals surface area (Å²) in [5.41, 5.74) is 2.32. The number of thiophene rings is 1. The maximum atomic E-state index is 13.1. The number of aromatic nitrogens is 2. The van der Waals surface area contributed by atoms with Crippen LogP contribution in [0.15, 0.2) is 77.0 Å². The van der Waals surface area contributed by atoms with Gasteiger partial charge in [-0.25, -0.2) is 4.68 Å². The molecule has 4 nitrogen and oxygen atoms in total. The Bertz CT molecular complexity index is 1540. The predicted octanol–water partition coefficient (Wildman–Crippen LogP) is 7.74. The molecule has 0 aliphatic rings. The van der Waals surface area contributed by atoms with E-state index in [1.54, 1.807) is 16.4 Å². The van der Waals surface area contributed by atoms with Crippen LogP contribution in [0.25, 0.3) is 26.7 Å². The van der Waals surface area contributed by atoms with Crippen LogP contribution in [0, 0.1) is 0 Å². The van der Waals surface area contributed by atoms with E-state index in [4.69, 9.17) is 5.11 Å². The molecule has 2 aromatic heterocycles. The molecule has 0 aliphatic carbocycles. The number of hydrogen-bond donors (Lipinski definition) is 1. The Morgan fingerprint density at radius 3 is 2.54 bits per heavy atom. The van der Waals surface area contributed by atoms with Crippen molar-refractivity contribution in [3.05, 3.63) is 88.9 Å². The van der Waals surface area contributed by atoms with Crippen molar-refractivity contribution < 1.29 is 23.1 Å². The highest BCUT2D eigenvalue weighted by atomic mass is 32.2. The summed E-state index contributed by atoms with van der Waals surface area (Å²) in [7, 11) is 0. The topological polar surface area (TPSA) is 55.1 Å². The smallest absolute Gasteiger partial charge is 0.416 e. The van der Waals surface area contributed by atoms with Gasteiger partial charge in [0.1, 0.15) is 0 Å². The van der Waals surface area contributed by atoms with Crippen molar-refractivity contribution in [2.75, 3.05) is 0 Å². The molecule has 0 fully saturated rings. The van der Waals surface area contributed by atoms with Crippen molar-refractivity contribution in [2.24, 2.45) is 0 Å². The van der Waals surface area contributed by atoms with Gasteiger partial charge < -0.3 is 5.11 Å². The molecule has 9 heteroatoms. The fourth-order valence-corrected chi connectivity index (χ4v) is 6.28. The van der Waals surface area contributed by atoms with Crippen LogP contribution in [0.5, 0.6) is 0 Å². The van der Waals surface area contributed by atoms with Gasteiger partial charge in [0.05, 0.1) is 28.9 Å². The Morgan fingerprint density at radius 2 is 1.83 bits per heavy atom. The van der Waals surface area contributed by atoms with Gasteiger partial charge in [-0.2, -0.15) is 18.3 Å². The highest BCUT2D eigenvalue weighted by Gasteiger charge is 2.30. The SMILES string of the molecule is CC(Sc1ccc2c(CC(=O)O)csc2c1)c1c2ccccc2nn1-c1ccc(C(F)(F)F)cc1. The summed E-state index contributed by atoms with van der Waals surface area (Å²) in [4.78, 5) is 12.1. The maximum Gasteiger partial charge on any atom is 0.416 e. The minimum absolute atomic E-state index is 0.0127. The molecule has 0 aliphatic heterocycles. The number of hydrogen-bond acceptors (Lipinski definition) is 4. The molecule has 0 spiro atoms. The normalized spacial score (nSPS) is 12.9. The summed E-state index contributed by atoms with van der Waals surface area (Å²) in [6, 6.07) is 18.7. The van der Waals surface area contributed by atoms with Crippen LogP contribution in [0.1, 0.15) is 29.0 Å². The summed E-state index contributed by atoms with van der Waals surface area (Å²) in [5, 5.41) is 17.5. The summed E-state index contributed by atoms with van der Waals surface area (Å²) < 4.78 is 41.9. The summed E-state index contributed by atoms with van der Waals surface area (Å²) in [6.45, 7) is 2.04. The number of benzene rings is 3. The van der Waals surface area contributed by atoms with Crippen LogP contribution in [0.2, 0.25) is 0 Å². The van der Waals surface area contributed by atoms with Gasteiger partial charge in [0, 0.05) is 20.2 Å². The molecule has 3 aromatic carbocycles. The number of rotatable bonds is 6. The first kappa shape index (κ1) is 23.4. The van der Waals surface area contributed by atoms with Crippen molar-refractivity contribution in [1.82, 2.24) is 9.78 Å². The third-order valence-electron chi connectivity index (χ3n) is 5.72. The first-order chi connectivity index (χ1) is 16.7. The Balaban J connectivity index is 1.51. The predicted molar refractivity (Wildman–Crippen MR) is 134 cm³/mol. The van der Waals surface area contributed by atoms with Crippen molar-refractivity contribution >= 4 is 50.1 Å². The average molecular weight is 513 g/mol. The molecule has 0 amide bonds. The molecule has 1 unspecified atom stereocenters. The molecule has 0 saturated carbocycles. The van der Waals surface area contributed by atoms with E-state index in [1.807, 2.05) is 54.8 Å². The van der Waals surface area contributed by atoms with Gasteiger partial charge >= 0.3 is 12.1 Å². The van der Waals surface area contributed by atoms with E-state index in [0.717, 1.165) is 49.3 Å². The second-order valence-electron chi connectivity index (χ2n) is 8.11. The largest absolute Gasteiger partial charge is 0.481 e. The number of carbonyl (C=O) groups is 1. The van der Waals surface area contributed by atoms with Gasteiger partial charge in [-0.15, -0.1) is 23.1 Å². The van der Waals surface area contributed by atoms with E-state index in [9.17, 15) is 18.0 Å². The molecule has 2 heterocycles. The zero-order chi connectivity index (χ0) is 24.7. The molecule has 5 aromatic rings. The lowest BCUT2D eigenvalue weighted by atomic mass is 10.1. The molecule has 0 saturated heterocycles. The molecular formula is C26H19F3N2O2S2. The first-order valence-electron chi connectivity index (χ1n) is 10.7. The van der Waals surface area contributed by atoms with Crippen LogP contribution in [0.4, 0.5) is 13.2 Å². The van der Waals surface area contributed by atoms with E-state index in [0.29, 0.717) is 5.69 Å². The minimum atomic E-state index is -4.40. The number of carboxylic acid groups (broad SMARTS) is 1. The van der Waals surface area contributed by atoms with E-state index in [2.05, 4.69) is 5.10 Å². The van der Waals surface area contributed by atoms with Crippen LogP contribution >= 0.6 is 23.1 Å². The number of halogens is 3. The average Bonchev–Trinajstić information content (AvgIpc) is 3.39. The Kier molecular flexibility index (Phi) is 6.06. The minimum Gasteiger partial charge on any atom is -0.481 e. The van der Waals surface area contributed by atoms with Crippen molar-refractivity contribution in [2.45, 2.75) is 29.7 Å². The first-order valence-corrected chi connectivity index (χ1v) is 12.5. The quantitative estimate of drug-likeness (QED) is 0.237. The lowest BCUT2D eigenvalue weighted by Gasteiger charge is -2.16. The highest BCUT2D eigenvalue weighted by Crippen LogP contribution is 2.41. The van der Waals surface area contributed by atoms with Gasteiger partial charge in [0.15, 0.2) is 0 Å². The molecule has 5 rings (SSSR count). The zero-order valence-electron chi connectivity index (χ0n) is 18.4. The van der Waals surface area contributed by atoms with Gasteiger partial charge in [0.2, 0.25) is 0 Å². The van der Waals surface area contributed by atoms with E-state index >= 15 is 0 Å². The number of fused-ring (bicyclic) bond motifs is 2. The van der Waals surface area contributed by atoms with Gasteiger partial charge in [-0.05, 0) is 65.7 Å². The fourth-order valence-electron chi connectivity index (χ4n) is 4.13. The molecule has 1 N–H and O–H groups in total. The number of nitrogens with zero attached hydrogens (tertiary/aromatic N) is 2. The molecule has 35 heavy (non-hydrogen) atoms. The number of carboxylic acids is 1. The number of thioether (sulfide) groups is 1. The van der Waals surface area contributed by atoms with Crippen LogP contribution in [-0.4, -0.2) is 20.9 Å². The molecule has 178 valence electrons. The summed E-state index contributed by atoms with van der Waals surface area (Å²) >= 11 is 3.13. The Morgan fingerprint density at radius 1 is 1.09 bits per heavy atom. The Hall–Kier alpha value is -3.30. The van der Waals surface area contributed by atoms with Crippen molar-refractivity contribution in [3.63, 3.8) is 0 Å². The van der Waals surface area contributed by atoms with Crippen molar-refractivity contribution in [1.29, 1.82) is 0 Å². The molecule has 0 bridgehead atoms. The second kappa shape index (κ2) is 9.05. The van der Waals surface area contributed by atoms with Crippen molar-refractivity contribution in [3.8, 4) is 5.69 Å². The third kappa shape index (κ3) is 4.66. The molecular weight excluding hydrogens is 493 g/mol. The summed E-state index contributed by atoms with van der Waals surface area (Å²) in [5.74, 6) is -0.861. The third-order valence-corrected chi connectivity index (χ3v) is 7.82. The lowest BCUT2D eigenvalue weighted by molar-refractivity contribution is -0.138. The standard InChI is InChI=1S/C26H19F3N2O2S2/c1-15(35-19-10-11-20-16(12-24(32)33)14-34-23(20)13-19)25-21-4-2-3-5-22(21)30-31(25)18-8-6-17(7-9-18)26(27,28)29/h2-11,13-15H,12H2,1H3,(H,32,33). The highest BCUT2D eigenvalue weighted by molar-refractivity contribution is 7.99. The van der Waals surface area contributed by atoms with Crippen LogP contribution in [0.3, 0.4) is 0 Å². The molecule has 1 atom stereocenters. The summed E-state index contributed by atoms with van der Waals surface area (Å²) in [6.07, 6.45) is -4.41. The van der Waals surface area contributed by atoms with Crippen LogP contribution in [-0.2, 0) is 17.4 Å². The zero-order valence-corrected chi connectivity index (χ0v) is 20.0. The van der Waals surface area contributed by atoms with Gasteiger partial charge in [-0.1, -0.05) is 24.3 Å².